The number of ether oxygens (including phenoxy) is 4. The number of carboxylic acid groups (broad SMARTS) is 1. The first kappa shape index (κ1) is 53.3. The molecule has 5 aromatic rings. The number of aryl methyl sites for hydroxylation is 1. The van der Waals surface area contributed by atoms with E-state index in [0.29, 0.717) is 116 Å². The second-order valence-electron chi connectivity index (χ2n) is 15.7. The van der Waals surface area contributed by atoms with Crippen LogP contribution in [0.25, 0.3) is 0 Å². The number of fused-ring (bicyclic) bond motifs is 2. The second-order valence-corrected chi connectivity index (χ2v) is 15.7. The fourth-order valence-electron chi connectivity index (χ4n) is 7.54. The first-order chi connectivity index (χ1) is 33.8. The Morgan fingerprint density at radius 2 is 1.32 bits per heavy atom. The van der Waals surface area contributed by atoms with Gasteiger partial charge in [-0.2, -0.15) is 0 Å². The SMILES string of the molecule is CO.Cc1ccc(C(c2cccc(C=O)n2)N2CCOCCOCCN(Cc3cccc(C(=O)O)n3)CCOCCOCC2)cc1.O=CNCCC(=O)N1Cc2ccccc2C#Cc2ccccc21. The van der Waals surface area contributed by atoms with Crippen LogP contribution in [0.2, 0.25) is 0 Å². The van der Waals surface area contributed by atoms with E-state index in [2.05, 4.69) is 68.1 Å². The minimum atomic E-state index is -1.05. The van der Waals surface area contributed by atoms with Crippen molar-refractivity contribution in [3.63, 3.8) is 0 Å². The van der Waals surface area contributed by atoms with Gasteiger partial charge in [0, 0.05) is 63.9 Å². The predicted molar refractivity (Wildman–Crippen MR) is 261 cm³/mol. The normalized spacial score (nSPS) is 15.6. The molecule has 1 saturated heterocycles. The number of nitrogens with zero attached hydrogens (tertiary/aromatic N) is 5. The van der Waals surface area contributed by atoms with Crippen LogP contribution in [-0.4, -0.2) is 147 Å². The molecule has 364 valence electrons. The molecule has 0 aliphatic carbocycles. The zero-order valence-corrected chi connectivity index (χ0v) is 39.3. The molecule has 3 N–H and O–H groups in total. The molecule has 2 amide bonds. The molecule has 0 radical (unpaired) electrons. The Morgan fingerprint density at radius 1 is 0.710 bits per heavy atom. The number of aldehydes is 1. The monoisotopic (exact) mass is 942 g/mol. The average Bonchev–Trinajstić information content (AvgIpc) is 3.37. The van der Waals surface area contributed by atoms with Gasteiger partial charge in [0.2, 0.25) is 12.3 Å². The molecular weight excluding hydrogens is 881 g/mol. The van der Waals surface area contributed by atoms with Crippen molar-refractivity contribution in [1.82, 2.24) is 25.1 Å². The molecule has 7 rings (SSSR count). The number of benzene rings is 3. The molecule has 1 fully saturated rings. The molecule has 2 aliphatic heterocycles. The van der Waals surface area contributed by atoms with Crippen molar-refractivity contribution in [3.8, 4) is 11.8 Å². The number of nitrogens with one attached hydrogen (secondary N) is 1. The van der Waals surface area contributed by atoms with E-state index in [1.807, 2.05) is 66.7 Å². The van der Waals surface area contributed by atoms with Crippen molar-refractivity contribution in [3.05, 3.63) is 160 Å². The van der Waals surface area contributed by atoms with Crippen molar-refractivity contribution in [2.75, 3.05) is 97.6 Å². The van der Waals surface area contributed by atoms with Gasteiger partial charge in [0.15, 0.2) is 6.29 Å². The van der Waals surface area contributed by atoms with Gasteiger partial charge >= 0.3 is 5.97 Å². The van der Waals surface area contributed by atoms with E-state index in [9.17, 15) is 24.3 Å². The summed E-state index contributed by atoms with van der Waals surface area (Å²) >= 11 is 0. The van der Waals surface area contributed by atoms with Crippen molar-refractivity contribution < 1.29 is 48.3 Å². The molecule has 1 unspecified atom stereocenters. The highest BCUT2D eigenvalue weighted by Gasteiger charge is 2.25. The number of rotatable bonds is 11. The highest BCUT2D eigenvalue weighted by molar-refractivity contribution is 5.95. The lowest BCUT2D eigenvalue weighted by atomic mass is 9.99. The van der Waals surface area contributed by atoms with Crippen LogP contribution >= 0.6 is 0 Å². The van der Waals surface area contributed by atoms with Crippen LogP contribution in [0.4, 0.5) is 5.69 Å². The summed E-state index contributed by atoms with van der Waals surface area (Å²) in [5, 5.41) is 18.8. The maximum atomic E-state index is 12.6. The second kappa shape index (κ2) is 29.9. The highest BCUT2D eigenvalue weighted by Crippen LogP contribution is 2.29. The molecule has 69 heavy (non-hydrogen) atoms. The van der Waals surface area contributed by atoms with Gasteiger partial charge in [-0.05, 0) is 60.5 Å². The number of carboxylic acids is 1. The Hall–Kier alpha value is -6.68. The van der Waals surface area contributed by atoms with Crippen LogP contribution in [0.1, 0.15) is 72.6 Å². The number of carbonyl (C=O) groups excluding carboxylic acids is 3. The summed E-state index contributed by atoms with van der Waals surface area (Å²) in [4.78, 5) is 60.9. The van der Waals surface area contributed by atoms with Crippen LogP contribution in [0, 0.1) is 18.8 Å². The van der Waals surface area contributed by atoms with Crippen molar-refractivity contribution in [2.45, 2.75) is 32.5 Å². The van der Waals surface area contributed by atoms with Crippen LogP contribution in [0.15, 0.2) is 109 Å². The van der Waals surface area contributed by atoms with Crippen LogP contribution < -0.4 is 10.2 Å². The van der Waals surface area contributed by atoms with Gasteiger partial charge in [-0.15, -0.1) is 0 Å². The predicted octanol–water partition coefficient (Wildman–Crippen LogP) is 4.95. The third-order valence-corrected chi connectivity index (χ3v) is 11.0. The van der Waals surface area contributed by atoms with E-state index in [-0.39, 0.29) is 24.1 Å². The molecule has 4 heterocycles. The molecule has 16 heteroatoms. The van der Waals surface area contributed by atoms with Gasteiger partial charge in [0.05, 0.1) is 82.5 Å². The zero-order valence-electron chi connectivity index (χ0n) is 39.3. The van der Waals surface area contributed by atoms with Crippen molar-refractivity contribution in [1.29, 1.82) is 0 Å². The number of amides is 2. The van der Waals surface area contributed by atoms with Gasteiger partial charge < -0.3 is 39.4 Å². The summed E-state index contributed by atoms with van der Waals surface area (Å²) in [5.74, 6) is 5.26. The Balaban J connectivity index is 0.000000297. The van der Waals surface area contributed by atoms with Gasteiger partial charge in [-0.3, -0.25) is 24.2 Å². The lowest BCUT2D eigenvalue weighted by molar-refractivity contribution is -0.118. The fraction of sp³-hybridized carbons (Fsp3) is 0.358. The summed E-state index contributed by atoms with van der Waals surface area (Å²) in [6.45, 7) is 9.62. The zero-order chi connectivity index (χ0) is 49.1. The van der Waals surface area contributed by atoms with Gasteiger partial charge in [-0.1, -0.05) is 84.1 Å². The van der Waals surface area contributed by atoms with Gasteiger partial charge in [-0.25, -0.2) is 14.8 Å². The van der Waals surface area contributed by atoms with Crippen LogP contribution in [0.5, 0.6) is 0 Å². The summed E-state index contributed by atoms with van der Waals surface area (Å²) < 4.78 is 23.7. The number of pyridine rings is 2. The molecule has 0 spiro atoms. The number of carbonyl (C=O) groups is 4. The quantitative estimate of drug-likeness (QED) is 0.0916. The smallest absolute Gasteiger partial charge is 0.354 e. The number of aliphatic hydroxyl groups excluding tert-OH is 1. The van der Waals surface area contributed by atoms with E-state index in [1.54, 1.807) is 17.0 Å². The van der Waals surface area contributed by atoms with E-state index >= 15 is 0 Å². The van der Waals surface area contributed by atoms with Gasteiger partial charge in [0.1, 0.15) is 11.4 Å². The fourth-order valence-corrected chi connectivity index (χ4v) is 7.54. The number of aliphatic hydroxyl groups is 1. The maximum Gasteiger partial charge on any atom is 0.354 e. The number of aromatic nitrogens is 2. The Bertz CT molecular complexity index is 2420. The number of para-hydroxylation sites is 1. The molecule has 2 aromatic heterocycles. The van der Waals surface area contributed by atoms with Crippen LogP contribution in [0.3, 0.4) is 0 Å². The number of aromatic carboxylic acids is 1. The van der Waals surface area contributed by atoms with Gasteiger partial charge in [0.25, 0.3) is 0 Å². The maximum absolute atomic E-state index is 12.6. The standard InChI is InChI=1S/C33H42N4O7.C19H16N2O2.CH4O/c1-26-8-10-27(11-9-26)32(30-6-3-5-29(25-38)35-30)37-14-18-43-22-20-41-16-12-36(13-17-42-21-23-44-19-15-37)24-28-4-2-7-31(34-28)33(39)40;22-14-20-12-11-19(23)21-13-17-7-2-1-5-15(17)9-10-16-6-3-4-8-18(16)21;1-2/h2-11,25,32H,12-24H2,1H3,(H,39,40);1-8,14H,11-13H2,(H,20,22);2H,1H3. The van der Waals surface area contributed by atoms with Crippen LogP contribution in [-0.2, 0) is 41.6 Å². The average molecular weight is 943 g/mol. The van der Waals surface area contributed by atoms with Crippen molar-refractivity contribution in [2.24, 2.45) is 0 Å². The molecule has 2 aliphatic rings. The highest BCUT2D eigenvalue weighted by atomic mass is 16.5. The largest absolute Gasteiger partial charge is 0.477 e. The molecule has 1 atom stereocenters. The lowest BCUT2D eigenvalue weighted by Gasteiger charge is -2.32. The molecule has 0 saturated carbocycles. The summed E-state index contributed by atoms with van der Waals surface area (Å²) in [7, 11) is 1.00. The Kier molecular flexibility index (Phi) is 23.1. The van der Waals surface area contributed by atoms with E-state index in [4.69, 9.17) is 24.1 Å². The van der Waals surface area contributed by atoms with Crippen molar-refractivity contribution >= 4 is 30.3 Å². The summed E-state index contributed by atoms with van der Waals surface area (Å²) in [5.41, 5.74) is 7.74. The molecule has 3 aromatic carbocycles. The number of hydrogen-bond acceptors (Lipinski definition) is 13. The molecular formula is C53H62N6O10. The first-order valence-corrected chi connectivity index (χ1v) is 22.9. The Labute approximate surface area is 404 Å². The van der Waals surface area contributed by atoms with E-state index in [1.165, 1.54) is 11.6 Å². The third kappa shape index (κ3) is 17.4. The number of hydrogen-bond donors (Lipinski definition) is 3. The molecule has 16 nitrogen and oxygen atoms in total. The minimum absolute atomic E-state index is 0.0279. The molecule has 0 bridgehead atoms. The lowest BCUT2D eigenvalue weighted by Crippen LogP contribution is -2.36. The summed E-state index contributed by atoms with van der Waals surface area (Å²) in [6, 6.07) is 34.2. The van der Waals surface area contributed by atoms with E-state index in [0.717, 1.165) is 47.0 Å². The first-order valence-electron chi connectivity index (χ1n) is 22.9. The topological polar surface area (TPSA) is 193 Å². The minimum Gasteiger partial charge on any atom is -0.477 e. The number of anilines is 1. The third-order valence-electron chi connectivity index (χ3n) is 11.0. The van der Waals surface area contributed by atoms with E-state index < -0.39 is 5.97 Å². The summed E-state index contributed by atoms with van der Waals surface area (Å²) in [6.07, 6.45) is 1.63. The Morgan fingerprint density at radius 3 is 1.97 bits per heavy atom.